The molecule has 1 aromatic heterocycles. The van der Waals surface area contributed by atoms with Crippen LogP contribution in [0.15, 0.2) is 35.7 Å². The van der Waals surface area contributed by atoms with E-state index in [2.05, 4.69) is 5.32 Å². The van der Waals surface area contributed by atoms with Crippen molar-refractivity contribution in [2.75, 3.05) is 25.0 Å². The monoisotopic (exact) mass is 331 g/mol. The van der Waals surface area contributed by atoms with Crippen LogP contribution in [-0.2, 0) is 6.42 Å². The Hall–Kier alpha value is -2.41. The summed E-state index contributed by atoms with van der Waals surface area (Å²) >= 11 is 1.45. The number of carbonyl (C=O) groups is 1. The predicted octanol–water partition coefficient (Wildman–Crippen LogP) is 2.49. The average Bonchev–Trinajstić information content (AvgIpc) is 3.03. The number of carbonyl (C=O) groups excluding carboxylic acids is 1. The lowest BCUT2D eigenvalue weighted by atomic mass is 9.93. The van der Waals surface area contributed by atoms with Crippen LogP contribution in [0.1, 0.15) is 27.5 Å². The van der Waals surface area contributed by atoms with E-state index in [0.717, 1.165) is 17.0 Å². The lowest BCUT2D eigenvalue weighted by molar-refractivity contribution is -0.483. The van der Waals surface area contributed by atoms with E-state index in [1.807, 2.05) is 35.2 Å². The van der Waals surface area contributed by atoms with E-state index < -0.39 is 0 Å². The Morgan fingerprint density at radius 2 is 2.26 bits per heavy atom. The van der Waals surface area contributed by atoms with Crippen molar-refractivity contribution < 1.29 is 9.72 Å². The molecule has 7 heteroatoms. The highest BCUT2D eigenvalue weighted by Crippen LogP contribution is 2.37. The van der Waals surface area contributed by atoms with Gasteiger partial charge in [0.25, 0.3) is 5.91 Å². The predicted molar refractivity (Wildman–Crippen MR) is 89.8 cm³/mol. The van der Waals surface area contributed by atoms with Crippen LogP contribution >= 0.6 is 11.3 Å². The van der Waals surface area contributed by atoms with Crippen molar-refractivity contribution in [3.05, 3.63) is 62.5 Å². The smallest absolute Gasteiger partial charge is 0.251 e. The number of benzene rings is 1. The highest BCUT2D eigenvalue weighted by molar-refractivity contribution is 7.14. The van der Waals surface area contributed by atoms with Crippen molar-refractivity contribution in [1.82, 2.24) is 5.32 Å². The standard InChI is InChI=1S/C16H17N3O3S/c1-17-16(20)12-8-15(23-10-12)18-7-6-11-4-2-3-5-13(11)14(18)9-19(21)22/h2-5,8,10,14H,6-7,9H2,1H3,(H,17,20). The summed E-state index contributed by atoms with van der Waals surface area (Å²) in [5.74, 6) is -0.143. The highest BCUT2D eigenvalue weighted by atomic mass is 32.1. The Kier molecular flexibility index (Phi) is 4.29. The Morgan fingerprint density at radius 3 is 3.00 bits per heavy atom. The lowest BCUT2D eigenvalue weighted by Crippen LogP contribution is -2.38. The van der Waals surface area contributed by atoms with Crippen LogP contribution in [-0.4, -0.2) is 31.0 Å². The molecule has 1 aromatic carbocycles. The van der Waals surface area contributed by atoms with E-state index in [1.54, 1.807) is 12.4 Å². The summed E-state index contributed by atoms with van der Waals surface area (Å²) in [6.45, 7) is 0.563. The van der Waals surface area contributed by atoms with E-state index in [4.69, 9.17) is 0 Å². The van der Waals surface area contributed by atoms with Crippen LogP contribution in [0.2, 0.25) is 0 Å². The summed E-state index contributed by atoms with van der Waals surface area (Å²) in [5, 5.41) is 16.4. The third-order valence-corrected chi connectivity index (χ3v) is 5.06. The molecule has 3 rings (SSSR count). The number of thiophene rings is 1. The van der Waals surface area contributed by atoms with Gasteiger partial charge in [0.1, 0.15) is 6.04 Å². The fourth-order valence-electron chi connectivity index (χ4n) is 2.99. The summed E-state index contributed by atoms with van der Waals surface area (Å²) in [4.78, 5) is 24.6. The number of fused-ring (bicyclic) bond motifs is 1. The number of amides is 1. The number of rotatable bonds is 4. The SMILES string of the molecule is CNC(=O)c1csc(N2CCc3ccccc3C2C[N+](=O)[O-])c1. The Balaban J connectivity index is 1.96. The van der Waals surface area contributed by atoms with Crippen molar-refractivity contribution >= 4 is 22.2 Å². The minimum atomic E-state index is -0.300. The van der Waals surface area contributed by atoms with Gasteiger partial charge < -0.3 is 10.2 Å². The molecule has 0 saturated carbocycles. The number of hydrogen-bond donors (Lipinski definition) is 1. The molecule has 6 nitrogen and oxygen atoms in total. The summed E-state index contributed by atoms with van der Waals surface area (Å²) < 4.78 is 0. The highest BCUT2D eigenvalue weighted by Gasteiger charge is 2.32. The minimum absolute atomic E-state index is 0.143. The van der Waals surface area contributed by atoms with Gasteiger partial charge in [-0.2, -0.15) is 0 Å². The molecule has 120 valence electrons. The first-order valence-corrected chi connectivity index (χ1v) is 8.25. The third-order valence-electron chi connectivity index (χ3n) is 4.09. The lowest BCUT2D eigenvalue weighted by Gasteiger charge is -2.35. The normalized spacial score (nSPS) is 16.7. The second-order valence-corrected chi connectivity index (χ2v) is 6.32. The first kappa shape index (κ1) is 15.5. The maximum absolute atomic E-state index is 11.7. The van der Waals surface area contributed by atoms with Crippen LogP contribution < -0.4 is 10.2 Å². The Morgan fingerprint density at radius 1 is 1.48 bits per heavy atom. The van der Waals surface area contributed by atoms with Crippen molar-refractivity contribution in [3.63, 3.8) is 0 Å². The van der Waals surface area contributed by atoms with Gasteiger partial charge in [-0.1, -0.05) is 24.3 Å². The molecule has 1 atom stereocenters. The van der Waals surface area contributed by atoms with E-state index >= 15 is 0 Å². The first-order valence-electron chi connectivity index (χ1n) is 7.37. The molecule has 1 unspecified atom stereocenters. The zero-order valence-electron chi connectivity index (χ0n) is 12.7. The molecule has 23 heavy (non-hydrogen) atoms. The number of nitrogens with one attached hydrogen (secondary N) is 1. The first-order chi connectivity index (χ1) is 11.1. The molecule has 1 amide bonds. The molecule has 1 N–H and O–H groups in total. The van der Waals surface area contributed by atoms with Crippen LogP contribution in [0.4, 0.5) is 5.00 Å². The van der Waals surface area contributed by atoms with Gasteiger partial charge in [0.15, 0.2) is 0 Å². The summed E-state index contributed by atoms with van der Waals surface area (Å²) in [5.41, 5.74) is 2.76. The zero-order valence-corrected chi connectivity index (χ0v) is 13.5. The number of nitrogens with zero attached hydrogens (tertiary/aromatic N) is 2. The largest absolute Gasteiger partial charge is 0.355 e. The molecule has 1 aliphatic rings. The Labute approximate surface area is 137 Å². The van der Waals surface area contributed by atoms with E-state index in [0.29, 0.717) is 12.1 Å². The Bertz CT molecular complexity index is 744. The maximum atomic E-state index is 11.7. The van der Waals surface area contributed by atoms with E-state index in [1.165, 1.54) is 16.9 Å². The molecule has 2 heterocycles. The molecule has 0 fully saturated rings. The molecule has 2 aromatic rings. The van der Waals surface area contributed by atoms with E-state index in [9.17, 15) is 14.9 Å². The molecule has 0 bridgehead atoms. The van der Waals surface area contributed by atoms with Gasteiger partial charge in [0.05, 0.1) is 10.6 Å². The van der Waals surface area contributed by atoms with Crippen molar-refractivity contribution in [1.29, 1.82) is 0 Å². The molecule has 0 spiro atoms. The fourth-order valence-corrected chi connectivity index (χ4v) is 3.96. The van der Waals surface area contributed by atoms with Gasteiger partial charge in [0.2, 0.25) is 6.54 Å². The van der Waals surface area contributed by atoms with Crippen LogP contribution in [0.25, 0.3) is 0 Å². The van der Waals surface area contributed by atoms with Gasteiger partial charge >= 0.3 is 0 Å². The van der Waals surface area contributed by atoms with Crippen molar-refractivity contribution in [2.45, 2.75) is 12.5 Å². The maximum Gasteiger partial charge on any atom is 0.251 e. The molecule has 1 aliphatic heterocycles. The third kappa shape index (κ3) is 3.05. The summed E-state index contributed by atoms with van der Waals surface area (Å²) in [7, 11) is 1.59. The summed E-state index contributed by atoms with van der Waals surface area (Å²) in [6.07, 6.45) is 0.845. The van der Waals surface area contributed by atoms with Crippen molar-refractivity contribution in [2.24, 2.45) is 0 Å². The average molecular weight is 331 g/mol. The van der Waals surface area contributed by atoms with Crippen LogP contribution in [0, 0.1) is 10.1 Å². The zero-order chi connectivity index (χ0) is 16.4. The molecule has 0 saturated heterocycles. The van der Waals surface area contributed by atoms with E-state index in [-0.39, 0.29) is 23.4 Å². The summed E-state index contributed by atoms with van der Waals surface area (Å²) in [6, 6.07) is 9.38. The molecular weight excluding hydrogens is 314 g/mol. The van der Waals surface area contributed by atoms with Crippen LogP contribution in [0.3, 0.4) is 0 Å². The topological polar surface area (TPSA) is 75.5 Å². The quantitative estimate of drug-likeness (QED) is 0.690. The number of anilines is 1. The van der Waals surface area contributed by atoms with Gasteiger partial charge in [-0.3, -0.25) is 14.9 Å². The molecular formula is C16H17N3O3S. The number of hydrogen-bond acceptors (Lipinski definition) is 5. The second kappa shape index (κ2) is 6.37. The number of nitro groups is 1. The molecule has 0 radical (unpaired) electrons. The van der Waals surface area contributed by atoms with Gasteiger partial charge in [-0.15, -0.1) is 11.3 Å². The van der Waals surface area contributed by atoms with Crippen LogP contribution in [0.5, 0.6) is 0 Å². The van der Waals surface area contributed by atoms with Gasteiger partial charge in [-0.25, -0.2) is 0 Å². The van der Waals surface area contributed by atoms with Gasteiger partial charge in [0, 0.05) is 23.9 Å². The van der Waals surface area contributed by atoms with Crippen molar-refractivity contribution in [3.8, 4) is 0 Å². The molecule has 0 aliphatic carbocycles. The second-order valence-electron chi connectivity index (χ2n) is 5.43. The minimum Gasteiger partial charge on any atom is -0.355 e. The fraction of sp³-hybridized carbons (Fsp3) is 0.312. The van der Waals surface area contributed by atoms with Gasteiger partial charge in [-0.05, 0) is 23.6 Å².